The van der Waals surface area contributed by atoms with Crippen molar-refractivity contribution in [3.05, 3.63) is 27.7 Å². The highest BCUT2D eigenvalue weighted by Crippen LogP contribution is 2.25. The number of aliphatic hydroxyl groups excluding tert-OH is 1. The molecule has 2 N–H and O–H groups in total. The molecule has 0 spiro atoms. The summed E-state index contributed by atoms with van der Waals surface area (Å²) in [4.78, 5) is 13.3. The SMILES string of the molecule is CC(O)CCN(C)C(=O)Nc1ccc(Br)cc1Cl. The Morgan fingerprint density at radius 2 is 2.28 bits per heavy atom. The number of amides is 2. The van der Waals surface area contributed by atoms with Crippen LogP contribution in [0.1, 0.15) is 13.3 Å². The number of nitrogens with zero attached hydrogens (tertiary/aromatic N) is 1. The molecular formula is C12H16BrClN2O2. The zero-order valence-electron chi connectivity index (χ0n) is 10.3. The second kappa shape index (κ2) is 6.97. The van der Waals surface area contributed by atoms with E-state index in [4.69, 9.17) is 16.7 Å². The van der Waals surface area contributed by atoms with Gasteiger partial charge in [0.2, 0.25) is 0 Å². The summed E-state index contributed by atoms with van der Waals surface area (Å²) >= 11 is 9.30. The largest absolute Gasteiger partial charge is 0.393 e. The number of nitrogens with one attached hydrogen (secondary N) is 1. The molecule has 0 aromatic heterocycles. The Kier molecular flexibility index (Phi) is 5.91. The first-order chi connectivity index (χ1) is 8.40. The van der Waals surface area contributed by atoms with Crippen molar-refractivity contribution in [2.75, 3.05) is 18.9 Å². The molecule has 4 nitrogen and oxygen atoms in total. The Labute approximate surface area is 120 Å². The minimum absolute atomic E-state index is 0.250. The molecule has 0 radical (unpaired) electrons. The van der Waals surface area contributed by atoms with Gasteiger partial charge in [0.15, 0.2) is 0 Å². The predicted octanol–water partition coefficient (Wildman–Crippen LogP) is 3.34. The van der Waals surface area contributed by atoms with Crippen molar-refractivity contribution < 1.29 is 9.90 Å². The third kappa shape index (κ3) is 4.84. The first-order valence-electron chi connectivity index (χ1n) is 5.55. The second-order valence-corrected chi connectivity index (χ2v) is 5.44. The highest BCUT2D eigenvalue weighted by atomic mass is 79.9. The Bertz CT molecular complexity index is 427. The number of carbonyl (C=O) groups is 1. The minimum Gasteiger partial charge on any atom is -0.393 e. The molecule has 0 aliphatic heterocycles. The van der Waals surface area contributed by atoms with Crippen LogP contribution in [0.15, 0.2) is 22.7 Å². The summed E-state index contributed by atoms with van der Waals surface area (Å²) in [7, 11) is 1.67. The van der Waals surface area contributed by atoms with Crippen LogP contribution in [0.5, 0.6) is 0 Å². The molecule has 1 aromatic carbocycles. The number of rotatable bonds is 4. The van der Waals surface area contributed by atoms with E-state index in [2.05, 4.69) is 21.2 Å². The summed E-state index contributed by atoms with van der Waals surface area (Å²) in [6.45, 7) is 2.18. The lowest BCUT2D eigenvalue weighted by Gasteiger charge is -2.19. The highest BCUT2D eigenvalue weighted by Gasteiger charge is 2.11. The van der Waals surface area contributed by atoms with E-state index in [0.717, 1.165) is 4.47 Å². The van der Waals surface area contributed by atoms with E-state index in [1.165, 1.54) is 4.90 Å². The lowest BCUT2D eigenvalue weighted by Crippen LogP contribution is -2.33. The topological polar surface area (TPSA) is 52.6 Å². The van der Waals surface area contributed by atoms with Gasteiger partial charge in [-0.05, 0) is 31.5 Å². The number of halogens is 2. The van der Waals surface area contributed by atoms with Crippen LogP contribution in [0.3, 0.4) is 0 Å². The molecule has 18 heavy (non-hydrogen) atoms. The van der Waals surface area contributed by atoms with Crippen LogP contribution in [0.4, 0.5) is 10.5 Å². The molecule has 1 aromatic rings. The van der Waals surface area contributed by atoms with Gasteiger partial charge < -0.3 is 15.3 Å². The maximum absolute atomic E-state index is 11.8. The van der Waals surface area contributed by atoms with Gasteiger partial charge in [-0.2, -0.15) is 0 Å². The molecule has 0 saturated heterocycles. The van der Waals surface area contributed by atoms with Crippen molar-refractivity contribution >= 4 is 39.2 Å². The van der Waals surface area contributed by atoms with Gasteiger partial charge >= 0.3 is 6.03 Å². The second-order valence-electron chi connectivity index (χ2n) is 4.11. The first kappa shape index (κ1) is 15.3. The molecule has 2 amide bonds. The quantitative estimate of drug-likeness (QED) is 0.886. The van der Waals surface area contributed by atoms with Gasteiger partial charge in [0.1, 0.15) is 0 Å². The summed E-state index contributed by atoms with van der Waals surface area (Å²) in [6, 6.07) is 5.00. The highest BCUT2D eigenvalue weighted by molar-refractivity contribution is 9.10. The van der Waals surface area contributed by atoms with Crippen molar-refractivity contribution in [3.8, 4) is 0 Å². The molecule has 0 fully saturated rings. The van der Waals surface area contributed by atoms with Gasteiger partial charge in [0.05, 0.1) is 16.8 Å². The van der Waals surface area contributed by atoms with Crippen LogP contribution in [0.25, 0.3) is 0 Å². The van der Waals surface area contributed by atoms with E-state index < -0.39 is 6.10 Å². The smallest absolute Gasteiger partial charge is 0.321 e. The average Bonchev–Trinajstić information content (AvgIpc) is 2.29. The van der Waals surface area contributed by atoms with Gasteiger partial charge in [-0.3, -0.25) is 0 Å². The zero-order chi connectivity index (χ0) is 13.7. The molecule has 0 bridgehead atoms. The summed E-state index contributed by atoms with van der Waals surface area (Å²) in [5, 5.41) is 12.3. The lowest BCUT2D eigenvalue weighted by molar-refractivity contribution is 0.167. The van der Waals surface area contributed by atoms with Gasteiger partial charge in [0, 0.05) is 18.1 Å². The van der Waals surface area contributed by atoms with Crippen LogP contribution in [0, 0.1) is 0 Å². The third-order valence-electron chi connectivity index (χ3n) is 2.40. The van der Waals surface area contributed by atoms with Crippen molar-refractivity contribution in [2.24, 2.45) is 0 Å². The number of carbonyl (C=O) groups excluding carboxylic acids is 1. The summed E-state index contributed by atoms with van der Waals surface area (Å²) in [5.74, 6) is 0. The van der Waals surface area contributed by atoms with Crippen LogP contribution >= 0.6 is 27.5 Å². The van der Waals surface area contributed by atoms with Crippen LogP contribution in [-0.2, 0) is 0 Å². The summed E-state index contributed by atoms with van der Waals surface area (Å²) < 4.78 is 0.855. The maximum Gasteiger partial charge on any atom is 0.321 e. The number of hydrogen-bond donors (Lipinski definition) is 2. The zero-order valence-corrected chi connectivity index (χ0v) is 12.6. The van der Waals surface area contributed by atoms with Gasteiger partial charge in [-0.15, -0.1) is 0 Å². The Morgan fingerprint density at radius 1 is 1.61 bits per heavy atom. The van der Waals surface area contributed by atoms with Crippen LogP contribution < -0.4 is 5.32 Å². The number of aliphatic hydroxyl groups is 1. The molecule has 1 unspecified atom stereocenters. The molecular weight excluding hydrogens is 320 g/mol. The molecule has 100 valence electrons. The van der Waals surface area contributed by atoms with E-state index in [1.54, 1.807) is 32.2 Å². The van der Waals surface area contributed by atoms with Gasteiger partial charge in [-0.25, -0.2) is 4.79 Å². The maximum atomic E-state index is 11.8. The standard InChI is InChI=1S/C12H16BrClN2O2/c1-8(17)5-6-16(2)12(18)15-11-4-3-9(13)7-10(11)14/h3-4,7-8,17H,5-6H2,1-2H3,(H,15,18). The normalized spacial score (nSPS) is 12.1. The van der Waals surface area contributed by atoms with Crippen molar-refractivity contribution in [2.45, 2.75) is 19.4 Å². The Hall–Kier alpha value is -0.780. The Balaban J connectivity index is 2.58. The first-order valence-corrected chi connectivity index (χ1v) is 6.72. The third-order valence-corrected chi connectivity index (χ3v) is 3.21. The molecule has 0 aliphatic carbocycles. The fraction of sp³-hybridized carbons (Fsp3) is 0.417. The average molecular weight is 336 g/mol. The molecule has 1 atom stereocenters. The van der Waals surface area contributed by atoms with Crippen molar-refractivity contribution in [3.63, 3.8) is 0 Å². The van der Waals surface area contributed by atoms with Gasteiger partial charge in [-0.1, -0.05) is 27.5 Å². The minimum atomic E-state index is -0.420. The number of anilines is 1. The van der Waals surface area contributed by atoms with Crippen molar-refractivity contribution in [1.29, 1.82) is 0 Å². The molecule has 0 saturated carbocycles. The Morgan fingerprint density at radius 3 is 2.83 bits per heavy atom. The summed E-state index contributed by atoms with van der Waals surface area (Å²) in [5.41, 5.74) is 0.564. The lowest BCUT2D eigenvalue weighted by atomic mass is 10.3. The number of hydrogen-bond acceptors (Lipinski definition) is 2. The molecule has 1 rings (SSSR count). The van der Waals surface area contributed by atoms with E-state index >= 15 is 0 Å². The monoisotopic (exact) mass is 334 g/mol. The fourth-order valence-corrected chi connectivity index (χ4v) is 2.00. The molecule has 0 aliphatic rings. The van der Waals surface area contributed by atoms with E-state index in [9.17, 15) is 4.79 Å². The number of benzene rings is 1. The summed E-state index contributed by atoms with van der Waals surface area (Å²) in [6.07, 6.45) is 0.120. The van der Waals surface area contributed by atoms with Crippen LogP contribution in [0.2, 0.25) is 5.02 Å². The molecule has 0 heterocycles. The van der Waals surface area contributed by atoms with Gasteiger partial charge in [0.25, 0.3) is 0 Å². The predicted molar refractivity (Wildman–Crippen MR) is 77.1 cm³/mol. The van der Waals surface area contributed by atoms with E-state index in [-0.39, 0.29) is 6.03 Å². The number of urea groups is 1. The van der Waals surface area contributed by atoms with Crippen molar-refractivity contribution in [1.82, 2.24) is 4.90 Å². The van der Waals surface area contributed by atoms with E-state index in [1.807, 2.05) is 0 Å². The molecule has 6 heteroatoms. The van der Waals surface area contributed by atoms with E-state index in [0.29, 0.717) is 23.7 Å². The fourth-order valence-electron chi connectivity index (χ4n) is 1.28. The van der Waals surface area contributed by atoms with Crippen LogP contribution in [-0.4, -0.2) is 35.7 Å².